The maximum Gasteiger partial charge on any atom is 0.339 e. The Kier molecular flexibility index (Phi) is 2.91. The highest BCUT2D eigenvalue weighted by Crippen LogP contribution is 2.16. The Balaban J connectivity index is 2.17. The molecule has 0 radical (unpaired) electrons. The summed E-state index contributed by atoms with van der Waals surface area (Å²) in [6.07, 6.45) is 2.89. The largest absolute Gasteiger partial charge is 0.478 e. The second kappa shape index (κ2) is 4.52. The normalized spacial score (nSPS) is 10.1. The maximum atomic E-state index is 11.0. The fourth-order valence-corrected chi connectivity index (χ4v) is 1.29. The lowest BCUT2D eigenvalue weighted by molar-refractivity contribution is 0.0697. The summed E-state index contributed by atoms with van der Waals surface area (Å²) in [5.74, 6) is -0.270. The molecule has 0 unspecified atom stereocenters. The second-order valence-corrected chi connectivity index (χ2v) is 3.30. The van der Waals surface area contributed by atoms with E-state index in [4.69, 9.17) is 15.4 Å². The summed E-state index contributed by atoms with van der Waals surface area (Å²) in [7, 11) is 0. The molecule has 0 bridgehead atoms. The van der Waals surface area contributed by atoms with Crippen LogP contribution in [0.15, 0.2) is 29.0 Å². The molecule has 2 rings (SSSR count). The molecule has 0 aromatic carbocycles. The minimum Gasteiger partial charge on any atom is -0.478 e. The zero-order chi connectivity index (χ0) is 12.3. The second-order valence-electron chi connectivity index (χ2n) is 3.30. The van der Waals surface area contributed by atoms with Crippen molar-refractivity contribution in [3.05, 3.63) is 35.9 Å². The Morgan fingerprint density at radius 3 is 3.06 bits per heavy atom. The van der Waals surface area contributed by atoms with Gasteiger partial charge >= 0.3 is 5.97 Å². The number of carboxylic acid groups (broad SMARTS) is 1. The summed E-state index contributed by atoms with van der Waals surface area (Å²) < 4.78 is 4.87. The number of aromatic nitrogens is 2. The van der Waals surface area contributed by atoms with E-state index in [1.807, 2.05) is 0 Å². The van der Waals surface area contributed by atoms with Crippen LogP contribution >= 0.6 is 0 Å². The third-order valence-corrected chi connectivity index (χ3v) is 2.06. The molecule has 4 N–H and O–H groups in total. The van der Waals surface area contributed by atoms with E-state index < -0.39 is 5.97 Å². The number of rotatable bonds is 4. The molecular weight excluding hydrogens is 224 g/mol. The topological polar surface area (TPSA) is 114 Å². The van der Waals surface area contributed by atoms with Crippen LogP contribution in [0.25, 0.3) is 0 Å². The molecule has 0 saturated carbocycles. The van der Waals surface area contributed by atoms with E-state index >= 15 is 0 Å². The fraction of sp³-hybridized carbons (Fsp3) is 0.100. The monoisotopic (exact) mass is 234 g/mol. The van der Waals surface area contributed by atoms with Crippen LogP contribution in [0.4, 0.5) is 11.5 Å². The highest BCUT2D eigenvalue weighted by molar-refractivity contribution is 5.94. The molecule has 0 aliphatic rings. The molecule has 7 heteroatoms. The van der Waals surface area contributed by atoms with Crippen LogP contribution in [0, 0.1) is 0 Å². The van der Waals surface area contributed by atoms with E-state index in [-0.39, 0.29) is 11.4 Å². The molecule has 7 nitrogen and oxygen atoms in total. The number of aromatic carboxylic acids is 1. The third-order valence-electron chi connectivity index (χ3n) is 2.06. The Morgan fingerprint density at radius 1 is 1.59 bits per heavy atom. The average molecular weight is 234 g/mol. The summed E-state index contributed by atoms with van der Waals surface area (Å²) in [5, 5.41) is 15.4. The molecule has 88 valence electrons. The number of anilines is 2. The summed E-state index contributed by atoms with van der Waals surface area (Å²) >= 11 is 0. The molecule has 17 heavy (non-hydrogen) atoms. The van der Waals surface area contributed by atoms with Crippen LogP contribution in [0.2, 0.25) is 0 Å². The van der Waals surface area contributed by atoms with Gasteiger partial charge in [-0.05, 0) is 6.07 Å². The molecule has 0 atom stereocenters. The van der Waals surface area contributed by atoms with Crippen LogP contribution in [0.5, 0.6) is 0 Å². The maximum absolute atomic E-state index is 11.0. The first-order valence-corrected chi connectivity index (χ1v) is 4.79. The summed E-state index contributed by atoms with van der Waals surface area (Å²) in [6.45, 7) is 0.303. The Morgan fingerprint density at radius 2 is 2.41 bits per heavy atom. The number of nitrogens with two attached hydrogens (primary N) is 1. The molecule has 0 aliphatic heterocycles. The predicted molar refractivity (Wildman–Crippen MR) is 59.4 cm³/mol. The number of nitrogens with one attached hydrogen (secondary N) is 1. The van der Waals surface area contributed by atoms with Gasteiger partial charge in [0.05, 0.1) is 24.6 Å². The van der Waals surface area contributed by atoms with E-state index in [0.29, 0.717) is 18.0 Å². The van der Waals surface area contributed by atoms with Gasteiger partial charge in [-0.15, -0.1) is 0 Å². The summed E-state index contributed by atoms with van der Waals surface area (Å²) in [4.78, 5) is 14.9. The molecule has 0 fully saturated rings. The van der Waals surface area contributed by atoms with Crippen molar-refractivity contribution in [2.24, 2.45) is 0 Å². The fourth-order valence-electron chi connectivity index (χ4n) is 1.29. The first-order valence-electron chi connectivity index (χ1n) is 4.79. The van der Waals surface area contributed by atoms with E-state index in [2.05, 4.69) is 15.5 Å². The van der Waals surface area contributed by atoms with Crippen molar-refractivity contribution in [2.45, 2.75) is 6.54 Å². The molecular formula is C10H10N4O3. The lowest BCUT2D eigenvalue weighted by Gasteiger charge is -2.07. The van der Waals surface area contributed by atoms with Crippen LogP contribution < -0.4 is 11.1 Å². The van der Waals surface area contributed by atoms with Gasteiger partial charge in [0.15, 0.2) is 5.76 Å². The van der Waals surface area contributed by atoms with E-state index in [1.54, 1.807) is 6.07 Å². The van der Waals surface area contributed by atoms with Crippen molar-refractivity contribution in [1.82, 2.24) is 10.1 Å². The lowest BCUT2D eigenvalue weighted by Crippen LogP contribution is -2.08. The van der Waals surface area contributed by atoms with Crippen molar-refractivity contribution in [3.63, 3.8) is 0 Å². The first kappa shape index (κ1) is 10.9. The number of nitrogen functional groups attached to an aromatic ring is 1. The van der Waals surface area contributed by atoms with Crippen molar-refractivity contribution < 1.29 is 14.4 Å². The number of pyridine rings is 1. The van der Waals surface area contributed by atoms with Crippen molar-refractivity contribution in [1.29, 1.82) is 0 Å². The Labute approximate surface area is 96.2 Å². The average Bonchev–Trinajstić information content (AvgIpc) is 2.80. The molecule has 0 spiro atoms. The number of nitrogens with zero attached hydrogens (tertiary/aromatic N) is 2. The van der Waals surface area contributed by atoms with Gasteiger partial charge in [-0.2, -0.15) is 0 Å². The van der Waals surface area contributed by atoms with Crippen LogP contribution in [0.1, 0.15) is 16.1 Å². The van der Waals surface area contributed by atoms with E-state index in [1.165, 1.54) is 18.5 Å². The van der Waals surface area contributed by atoms with Gasteiger partial charge in [-0.25, -0.2) is 9.78 Å². The van der Waals surface area contributed by atoms with Crippen molar-refractivity contribution >= 4 is 17.5 Å². The quantitative estimate of drug-likeness (QED) is 0.721. The van der Waals surface area contributed by atoms with Crippen LogP contribution in [-0.2, 0) is 6.54 Å². The molecule has 2 aromatic heterocycles. The lowest BCUT2D eigenvalue weighted by atomic mass is 10.2. The van der Waals surface area contributed by atoms with Crippen LogP contribution in [0.3, 0.4) is 0 Å². The number of carboxylic acids is 1. The first-order chi connectivity index (χ1) is 8.16. The van der Waals surface area contributed by atoms with Gasteiger partial charge in [-0.3, -0.25) is 0 Å². The Bertz CT molecular complexity index is 524. The Hall–Kier alpha value is -2.57. The molecule has 0 saturated heterocycles. The SMILES string of the molecule is Nc1cnc(NCc2ccno2)c(C(=O)O)c1. The highest BCUT2D eigenvalue weighted by atomic mass is 16.5. The number of hydrogen-bond donors (Lipinski definition) is 3. The van der Waals surface area contributed by atoms with E-state index in [0.717, 1.165) is 0 Å². The zero-order valence-corrected chi connectivity index (χ0v) is 8.75. The molecule has 2 aromatic rings. The standard InChI is InChI=1S/C10H10N4O3/c11-6-3-8(10(15)16)9(12-4-6)13-5-7-1-2-14-17-7/h1-4H,5,11H2,(H,12,13)(H,15,16). The van der Waals surface area contributed by atoms with Crippen molar-refractivity contribution in [3.8, 4) is 0 Å². The van der Waals surface area contributed by atoms with E-state index in [9.17, 15) is 4.79 Å². The highest BCUT2D eigenvalue weighted by Gasteiger charge is 2.12. The minimum absolute atomic E-state index is 0.0181. The van der Waals surface area contributed by atoms with Gasteiger partial charge in [0, 0.05) is 6.07 Å². The van der Waals surface area contributed by atoms with Gasteiger partial charge in [0.25, 0.3) is 0 Å². The van der Waals surface area contributed by atoms with Gasteiger partial charge < -0.3 is 20.7 Å². The number of hydrogen-bond acceptors (Lipinski definition) is 6. The number of carbonyl (C=O) groups is 1. The molecule has 0 aliphatic carbocycles. The minimum atomic E-state index is -1.09. The summed E-state index contributed by atoms with van der Waals surface area (Å²) in [5.41, 5.74) is 5.79. The predicted octanol–water partition coefficient (Wildman–Crippen LogP) is 0.962. The smallest absolute Gasteiger partial charge is 0.339 e. The molecule has 0 amide bonds. The van der Waals surface area contributed by atoms with Gasteiger partial charge in [-0.1, -0.05) is 5.16 Å². The van der Waals surface area contributed by atoms with Gasteiger partial charge in [0.1, 0.15) is 11.4 Å². The van der Waals surface area contributed by atoms with Crippen LogP contribution in [-0.4, -0.2) is 21.2 Å². The van der Waals surface area contributed by atoms with Crippen molar-refractivity contribution in [2.75, 3.05) is 11.1 Å². The van der Waals surface area contributed by atoms with Gasteiger partial charge in [0.2, 0.25) is 0 Å². The third kappa shape index (κ3) is 2.51. The zero-order valence-electron chi connectivity index (χ0n) is 8.75. The summed E-state index contributed by atoms with van der Waals surface area (Å²) in [6, 6.07) is 3.02. The molecule has 2 heterocycles.